The number of nitrogens with one attached hydrogen (secondary N) is 2. The van der Waals surface area contributed by atoms with Gasteiger partial charge in [-0.2, -0.15) is 4.98 Å². The van der Waals surface area contributed by atoms with Crippen LogP contribution in [0.1, 0.15) is 27.2 Å². The van der Waals surface area contributed by atoms with Crippen molar-refractivity contribution in [2.75, 3.05) is 26.0 Å². The molecule has 1 aliphatic rings. The Hall–Kier alpha value is -4.85. The van der Waals surface area contributed by atoms with Gasteiger partial charge >= 0.3 is 11.4 Å². The third-order valence-electron chi connectivity index (χ3n) is 6.52. The highest BCUT2D eigenvalue weighted by atomic mass is 35.5. The molecule has 15 heteroatoms. The van der Waals surface area contributed by atoms with Crippen molar-refractivity contribution in [3.63, 3.8) is 0 Å². The molecule has 42 heavy (non-hydrogen) atoms. The third-order valence-corrected chi connectivity index (χ3v) is 6.83. The number of pyridine rings is 1. The lowest BCUT2D eigenvalue weighted by Crippen LogP contribution is -2.43. The van der Waals surface area contributed by atoms with Crippen molar-refractivity contribution in [1.29, 1.82) is 0 Å². The number of rotatable bonds is 7. The molecule has 0 unspecified atom stereocenters. The van der Waals surface area contributed by atoms with Crippen molar-refractivity contribution in [3.05, 3.63) is 113 Å². The van der Waals surface area contributed by atoms with E-state index in [0.29, 0.717) is 35.5 Å². The van der Waals surface area contributed by atoms with Crippen molar-refractivity contribution in [3.8, 4) is 5.75 Å². The molecule has 1 amide bonds. The topological polar surface area (TPSA) is 131 Å². The molecule has 4 aromatic rings. The van der Waals surface area contributed by atoms with E-state index in [1.54, 1.807) is 12.1 Å². The Morgan fingerprint density at radius 2 is 1.79 bits per heavy atom. The molecule has 218 valence electrons. The van der Waals surface area contributed by atoms with Crippen LogP contribution in [0.5, 0.6) is 5.75 Å². The summed E-state index contributed by atoms with van der Waals surface area (Å²) < 4.78 is 48.6. The first kappa shape index (κ1) is 28.7. The zero-order valence-corrected chi connectivity index (χ0v) is 22.9. The molecule has 0 bridgehead atoms. The lowest BCUT2D eigenvalue weighted by Gasteiger charge is -2.17. The first-order valence-corrected chi connectivity index (χ1v) is 12.8. The van der Waals surface area contributed by atoms with Crippen molar-refractivity contribution in [2.24, 2.45) is 0 Å². The molecule has 0 saturated heterocycles. The number of aromatic nitrogens is 4. The van der Waals surface area contributed by atoms with Crippen LogP contribution in [0.15, 0.2) is 50.8 Å². The molecule has 2 aromatic carbocycles. The fourth-order valence-corrected chi connectivity index (χ4v) is 4.57. The molecule has 11 nitrogen and oxygen atoms in total. The summed E-state index contributed by atoms with van der Waals surface area (Å²) in [6, 6.07) is 7.23. The summed E-state index contributed by atoms with van der Waals surface area (Å²) in [6.45, 7) is -0.639. The Bertz CT molecular complexity index is 1900. The molecule has 2 aromatic heterocycles. The predicted molar refractivity (Wildman–Crippen MR) is 146 cm³/mol. The van der Waals surface area contributed by atoms with E-state index in [1.807, 2.05) is 0 Å². The highest BCUT2D eigenvalue weighted by molar-refractivity contribution is 6.33. The van der Waals surface area contributed by atoms with E-state index in [4.69, 9.17) is 16.3 Å². The number of nitrogens with zero attached hydrogens (tertiary/aromatic N) is 4. The first-order chi connectivity index (χ1) is 19.9. The quantitative estimate of drug-likeness (QED) is 0.311. The molecule has 2 N–H and O–H groups in total. The van der Waals surface area contributed by atoms with Crippen LogP contribution in [0.25, 0.3) is 0 Å². The molecule has 0 saturated carbocycles. The number of aromatic amines is 1. The maximum Gasteiger partial charge on any atom is 0.355 e. The van der Waals surface area contributed by atoms with E-state index in [2.05, 4.69) is 15.3 Å². The molecule has 5 rings (SSSR count). The fraction of sp³-hybridized carbons (Fsp3) is 0.222. The summed E-state index contributed by atoms with van der Waals surface area (Å²) in [7, 11) is 3.00. The number of carbonyl (C=O) groups is 1. The largest absolute Gasteiger partial charge is 0.493 e. The molecule has 3 heterocycles. The highest BCUT2D eigenvalue weighted by Crippen LogP contribution is 2.35. The van der Waals surface area contributed by atoms with Gasteiger partial charge in [-0.05, 0) is 41.5 Å². The molecule has 0 fully saturated rings. The van der Waals surface area contributed by atoms with Crippen molar-refractivity contribution >= 4 is 29.1 Å². The molecule has 1 aliphatic heterocycles. The zero-order valence-electron chi connectivity index (χ0n) is 22.1. The summed E-state index contributed by atoms with van der Waals surface area (Å²) in [4.78, 5) is 59.2. The number of fused-ring (bicyclic) bond motifs is 1. The van der Waals surface area contributed by atoms with Crippen molar-refractivity contribution in [2.45, 2.75) is 19.5 Å². The summed E-state index contributed by atoms with van der Waals surface area (Å²) in [5.74, 6) is -4.86. The van der Waals surface area contributed by atoms with Crippen LogP contribution in [-0.2, 0) is 19.5 Å². The number of carbonyl (C=O) groups excluding carboxylic acids is 1. The SMILES string of the molecule is CN(C)C(=O)c1ccc(Cn2c(=O)nc(Nc3cc4c(cc3Cl)OCC4)n(Cc3cc(F)c(F)c(F)c3)c2=O)c(=O)[nH]1. The Kier molecular flexibility index (Phi) is 7.65. The van der Waals surface area contributed by atoms with Crippen LogP contribution in [0.4, 0.5) is 24.8 Å². The van der Waals surface area contributed by atoms with Gasteiger partial charge in [-0.1, -0.05) is 11.6 Å². The van der Waals surface area contributed by atoms with Crippen LogP contribution in [0.2, 0.25) is 5.02 Å². The molecular formula is C27H22ClF3N6O5. The second-order valence-corrected chi connectivity index (χ2v) is 10.0. The number of amides is 1. The number of hydrogen-bond acceptors (Lipinski definition) is 7. The minimum absolute atomic E-state index is 0.00633. The van der Waals surface area contributed by atoms with Gasteiger partial charge in [0.05, 0.1) is 30.4 Å². The van der Waals surface area contributed by atoms with E-state index in [1.165, 1.54) is 31.1 Å². The molecule has 0 spiro atoms. The van der Waals surface area contributed by atoms with Crippen LogP contribution in [0.3, 0.4) is 0 Å². The van der Waals surface area contributed by atoms with Gasteiger partial charge in [0.25, 0.3) is 11.5 Å². The van der Waals surface area contributed by atoms with Gasteiger partial charge in [0.15, 0.2) is 17.5 Å². The normalized spacial score (nSPS) is 12.1. The average Bonchev–Trinajstić information content (AvgIpc) is 3.39. The Labute approximate surface area is 239 Å². The van der Waals surface area contributed by atoms with Gasteiger partial charge in [-0.25, -0.2) is 27.3 Å². The summed E-state index contributed by atoms with van der Waals surface area (Å²) in [5.41, 5.74) is -1.90. The Balaban J connectivity index is 1.60. The lowest BCUT2D eigenvalue weighted by molar-refractivity contribution is 0.0821. The minimum Gasteiger partial charge on any atom is -0.493 e. The monoisotopic (exact) mass is 602 g/mol. The highest BCUT2D eigenvalue weighted by Gasteiger charge is 2.21. The van der Waals surface area contributed by atoms with Gasteiger partial charge in [0, 0.05) is 32.1 Å². The van der Waals surface area contributed by atoms with Gasteiger partial charge in [-0.15, -0.1) is 0 Å². The van der Waals surface area contributed by atoms with Gasteiger partial charge in [0.2, 0.25) is 5.95 Å². The smallest absolute Gasteiger partial charge is 0.355 e. The predicted octanol–water partition coefficient (Wildman–Crippen LogP) is 2.64. The standard InChI is InChI=1S/C27H22ClF3N6O5/c1-35(2)24(39)19-4-3-15(23(38)32-19)12-37-26(40)34-25(33-20-9-14-5-6-42-21(14)10-16(20)28)36(27(37)41)11-13-7-17(29)22(31)18(30)8-13/h3-4,7-10H,5-6,11-12H2,1-2H3,(H,32,38)(H,33,34,40). The Morgan fingerprint density at radius 3 is 2.45 bits per heavy atom. The number of anilines is 2. The van der Waals surface area contributed by atoms with Crippen LogP contribution in [0, 0.1) is 17.5 Å². The van der Waals surface area contributed by atoms with E-state index in [0.717, 1.165) is 10.1 Å². The molecule has 0 atom stereocenters. The number of ether oxygens (including phenoxy) is 1. The van der Waals surface area contributed by atoms with Gasteiger partial charge in [0.1, 0.15) is 11.4 Å². The number of benzene rings is 2. The molecule has 0 radical (unpaired) electrons. The molecular weight excluding hydrogens is 581 g/mol. The fourth-order valence-electron chi connectivity index (χ4n) is 4.37. The number of H-pyrrole nitrogens is 1. The lowest BCUT2D eigenvalue weighted by atomic mass is 10.1. The Morgan fingerprint density at radius 1 is 1.07 bits per heavy atom. The number of hydrogen-bond donors (Lipinski definition) is 2. The average molecular weight is 603 g/mol. The van der Waals surface area contributed by atoms with Crippen LogP contribution < -0.4 is 27.0 Å². The van der Waals surface area contributed by atoms with Gasteiger partial charge in [-0.3, -0.25) is 14.2 Å². The maximum atomic E-state index is 14.0. The van der Waals surface area contributed by atoms with E-state index in [-0.39, 0.29) is 33.5 Å². The summed E-state index contributed by atoms with van der Waals surface area (Å²) in [6.07, 6.45) is 0.588. The first-order valence-electron chi connectivity index (χ1n) is 12.4. The number of halogens is 4. The van der Waals surface area contributed by atoms with Crippen LogP contribution >= 0.6 is 11.6 Å². The second-order valence-electron chi connectivity index (χ2n) is 9.64. The molecule has 0 aliphatic carbocycles. The van der Waals surface area contributed by atoms with E-state index >= 15 is 0 Å². The summed E-state index contributed by atoms with van der Waals surface area (Å²) in [5, 5.41) is 3.00. The van der Waals surface area contributed by atoms with Crippen molar-refractivity contribution in [1.82, 2.24) is 24.0 Å². The van der Waals surface area contributed by atoms with Gasteiger partial charge < -0.3 is 19.9 Å². The van der Waals surface area contributed by atoms with E-state index < -0.39 is 53.4 Å². The minimum atomic E-state index is -1.69. The maximum absolute atomic E-state index is 14.0. The van der Waals surface area contributed by atoms with Crippen LogP contribution in [-0.4, -0.2) is 50.6 Å². The second kappa shape index (κ2) is 11.2. The summed E-state index contributed by atoms with van der Waals surface area (Å²) >= 11 is 6.37. The zero-order chi connectivity index (χ0) is 30.3. The van der Waals surface area contributed by atoms with E-state index in [9.17, 15) is 32.3 Å². The van der Waals surface area contributed by atoms with Crippen molar-refractivity contribution < 1.29 is 22.7 Å². The third kappa shape index (κ3) is 5.52.